The number of fused-ring (bicyclic) bond motifs is 2. The predicted octanol–water partition coefficient (Wildman–Crippen LogP) is 1.69. The van der Waals surface area contributed by atoms with Crippen LogP contribution < -0.4 is 4.65 Å². The molecule has 90 valence electrons. The fraction of sp³-hybridized carbons (Fsp3) is 0. The Kier molecular flexibility index (Phi) is 4.50. The van der Waals surface area contributed by atoms with Gasteiger partial charge in [0.15, 0.2) is 0 Å². The summed E-state index contributed by atoms with van der Waals surface area (Å²) in [5.41, 5.74) is 0. The zero-order chi connectivity index (χ0) is 12.5. The third-order valence-electron chi connectivity index (χ3n) is 2.94. The van der Waals surface area contributed by atoms with E-state index in [-0.39, 0.29) is 29.6 Å². The molecule has 0 aliphatic rings. The van der Waals surface area contributed by atoms with Crippen molar-refractivity contribution in [2.75, 3.05) is 0 Å². The van der Waals surface area contributed by atoms with Crippen LogP contribution in [0.4, 0.5) is 0 Å². The van der Waals surface area contributed by atoms with Crippen LogP contribution in [0, 0.1) is 0 Å². The molecule has 0 atom stereocenters. The van der Waals surface area contributed by atoms with Gasteiger partial charge in [-0.25, -0.2) is 0 Å². The van der Waals surface area contributed by atoms with Crippen LogP contribution in [-0.4, -0.2) is 46.9 Å². The average Bonchev–Trinajstić information content (AvgIpc) is 2.36. The van der Waals surface area contributed by atoms with Crippen molar-refractivity contribution < 1.29 is 14.7 Å². The van der Waals surface area contributed by atoms with E-state index in [0.29, 0.717) is 5.75 Å². The summed E-state index contributed by atoms with van der Waals surface area (Å²) >= 11 is 0. The zero-order valence-corrected chi connectivity index (χ0v) is 9.58. The van der Waals surface area contributed by atoms with Crippen LogP contribution in [0.5, 0.6) is 5.75 Å². The van der Waals surface area contributed by atoms with E-state index >= 15 is 0 Å². The van der Waals surface area contributed by atoms with Gasteiger partial charge in [-0.2, -0.15) is 0 Å². The van der Waals surface area contributed by atoms with E-state index in [1.165, 1.54) is 0 Å². The molecule has 5 heteroatoms. The molecule has 0 heterocycles. The molecular formula is C14H12BNaO3. The van der Waals surface area contributed by atoms with E-state index in [9.17, 15) is 0 Å². The maximum atomic E-state index is 8.91. The van der Waals surface area contributed by atoms with Crippen molar-refractivity contribution >= 4 is 58.4 Å². The Bertz CT molecular complexity index is 715. The number of hydrogen-bond donors (Lipinski definition) is 2. The molecule has 0 saturated carbocycles. The molecule has 0 spiro atoms. The quantitative estimate of drug-likeness (QED) is 0.545. The topological polar surface area (TPSA) is 49.7 Å². The molecule has 0 aromatic heterocycles. The Hall–Kier alpha value is -1.04. The van der Waals surface area contributed by atoms with Crippen LogP contribution in [0.2, 0.25) is 0 Å². The number of rotatable bonds is 2. The van der Waals surface area contributed by atoms with E-state index in [0.717, 1.165) is 21.5 Å². The Labute approximate surface area is 133 Å². The van der Waals surface area contributed by atoms with Gasteiger partial charge in [0.05, 0.1) is 0 Å². The third kappa shape index (κ3) is 2.94. The summed E-state index contributed by atoms with van der Waals surface area (Å²) in [7, 11) is -1.80. The van der Waals surface area contributed by atoms with Crippen molar-refractivity contribution in [3.8, 4) is 5.75 Å². The molecule has 3 rings (SSSR count). The normalized spacial score (nSPS) is 10.2. The van der Waals surface area contributed by atoms with Gasteiger partial charge in [-0.15, -0.1) is 0 Å². The molecule has 0 amide bonds. The van der Waals surface area contributed by atoms with Gasteiger partial charge in [-0.1, -0.05) is 36.4 Å². The molecule has 0 aliphatic carbocycles. The molecule has 2 N–H and O–H groups in total. The van der Waals surface area contributed by atoms with E-state index in [2.05, 4.69) is 6.07 Å². The van der Waals surface area contributed by atoms with Gasteiger partial charge in [0.2, 0.25) is 0 Å². The van der Waals surface area contributed by atoms with Gasteiger partial charge in [-0.3, -0.25) is 0 Å². The molecule has 3 aromatic carbocycles. The minimum atomic E-state index is -1.80. The summed E-state index contributed by atoms with van der Waals surface area (Å²) in [4.78, 5) is 0. The second kappa shape index (κ2) is 5.95. The molecular weight excluding hydrogens is 250 g/mol. The van der Waals surface area contributed by atoms with Crippen LogP contribution in [0.1, 0.15) is 0 Å². The van der Waals surface area contributed by atoms with Gasteiger partial charge >= 0.3 is 36.9 Å². The van der Waals surface area contributed by atoms with Gasteiger partial charge < -0.3 is 14.7 Å². The molecule has 0 unspecified atom stereocenters. The van der Waals surface area contributed by atoms with Gasteiger partial charge in [-0.05, 0) is 34.4 Å². The van der Waals surface area contributed by atoms with Gasteiger partial charge in [0, 0.05) is 5.39 Å². The third-order valence-corrected chi connectivity index (χ3v) is 2.94. The summed E-state index contributed by atoms with van der Waals surface area (Å²) in [5.74, 6) is 0.466. The van der Waals surface area contributed by atoms with E-state index in [4.69, 9.17) is 14.7 Å². The Balaban J connectivity index is 0.00000133. The molecule has 19 heavy (non-hydrogen) atoms. The molecule has 0 saturated heterocycles. The monoisotopic (exact) mass is 262 g/mol. The SMILES string of the molecule is OB(O)Oc1cccc2cc3ccccc3cc12.[NaH]. The first kappa shape index (κ1) is 14.4. The minimum absolute atomic E-state index is 0. The molecule has 3 aromatic rings. The van der Waals surface area contributed by atoms with Crippen LogP contribution in [-0.2, 0) is 0 Å². The van der Waals surface area contributed by atoms with E-state index < -0.39 is 7.32 Å². The second-order valence-corrected chi connectivity index (χ2v) is 4.12. The van der Waals surface area contributed by atoms with E-state index in [1.54, 1.807) is 6.07 Å². The standard InChI is InChI=1S/C14H11BO3.Na.H/c16-15(17)18-14-7-3-6-12-8-10-4-1-2-5-11(10)9-13(12)14;;/h1-9,16-17H;;. The molecule has 0 fully saturated rings. The van der Waals surface area contributed by atoms with Crippen molar-refractivity contribution in [1.82, 2.24) is 0 Å². The summed E-state index contributed by atoms with van der Waals surface area (Å²) < 4.78 is 4.99. The van der Waals surface area contributed by atoms with Crippen molar-refractivity contribution in [1.29, 1.82) is 0 Å². The van der Waals surface area contributed by atoms with E-state index in [1.807, 2.05) is 42.5 Å². The number of hydrogen-bond acceptors (Lipinski definition) is 3. The Morgan fingerprint density at radius 1 is 0.789 bits per heavy atom. The molecule has 0 bridgehead atoms. The van der Waals surface area contributed by atoms with Crippen molar-refractivity contribution in [2.24, 2.45) is 0 Å². The maximum absolute atomic E-state index is 8.91. The second-order valence-electron chi connectivity index (χ2n) is 4.12. The van der Waals surface area contributed by atoms with Gasteiger partial charge in [0.25, 0.3) is 0 Å². The summed E-state index contributed by atoms with van der Waals surface area (Å²) in [6, 6.07) is 17.6. The van der Waals surface area contributed by atoms with Crippen molar-refractivity contribution in [3.63, 3.8) is 0 Å². The Morgan fingerprint density at radius 3 is 2.11 bits per heavy atom. The molecule has 3 nitrogen and oxygen atoms in total. The molecule has 0 aliphatic heterocycles. The number of benzene rings is 3. The predicted molar refractivity (Wildman–Crippen MR) is 79.4 cm³/mol. The van der Waals surface area contributed by atoms with Crippen LogP contribution in [0.15, 0.2) is 54.6 Å². The summed E-state index contributed by atoms with van der Waals surface area (Å²) in [5, 5.41) is 21.9. The summed E-state index contributed by atoms with van der Waals surface area (Å²) in [6.45, 7) is 0. The Morgan fingerprint density at radius 2 is 1.42 bits per heavy atom. The molecule has 0 radical (unpaired) electrons. The first-order valence-electron chi connectivity index (χ1n) is 5.68. The summed E-state index contributed by atoms with van der Waals surface area (Å²) in [6.07, 6.45) is 0. The van der Waals surface area contributed by atoms with Crippen molar-refractivity contribution in [2.45, 2.75) is 0 Å². The van der Waals surface area contributed by atoms with Gasteiger partial charge in [0.1, 0.15) is 5.75 Å². The first-order valence-corrected chi connectivity index (χ1v) is 5.68. The van der Waals surface area contributed by atoms with Crippen LogP contribution >= 0.6 is 0 Å². The van der Waals surface area contributed by atoms with Crippen LogP contribution in [0.25, 0.3) is 21.5 Å². The average molecular weight is 262 g/mol. The fourth-order valence-electron chi connectivity index (χ4n) is 2.15. The first-order chi connectivity index (χ1) is 8.74. The zero-order valence-electron chi connectivity index (χ0n) is 9.58. The van der Waals surface area contributed by atoms with Crippen molar-refractivity contribution in [3.05, 3.63) is 54.6 Å². The van der Waals surface area contributed by atoms with Crippen LogP contribution in [0.3, 0.4) is 0 Å². The fourth-order valence-corrected chi connectivity index (χ4v) is 2.15.